The fourth-order valence-electron chi connectivity index (χ4n) is 1.86. The first-order valence-corrected chi connectivity index (χ1v) is 7.30. The summed E-state index contributed by atoms with van der Waals surface area (Å²) in [5.74, 6) is 1.38. The first-order chi connectivity index (χ1) is 10.1. The quantitative estimate of drug-likeness (QED) is 0.707. The molecule has 0 aromatic heterocycles. The molecule has 5 heteroatoms. The standard InChI is InChI=1S/C16H26N2O3/c1-5-15(16(19)17-11-6-12-18(2)3)21-14-9-7-13(20-4)8-10-14/h7-10,15H,5-6,11-12H2,1-4H3,(H,17,19)/t15-/m1/s1. The minimum atomic E-state index is -0.460. The summed E-state index contributed by atoms with van der Waals surface area (Å²) in [6.45, 7) is 3.56. The van der Waals surface area contributed by atoms with Gasteiger partial charge < -0.3 is 19.7 Å². The highest BCUT2D eigenvalue weighted by Crippen LogP contribution is 2.18. The van der Waals surface area contributed by atoms with Crippen LogP contribution in [-0.4, -0.2) is 51.2 Å². The van der Waals surface area contributed by atoms with E-state index in [0.717, 1.165) is 18.7 Å². The van der Waals surface area contributed by atoms with Crippen LogP contribution in [0, 0.1) is 0 Å². The Morgan fingerprint density at radius 3 is 2.38 bits per heavy atom. The molecule has 0 aliphatic carbocycles. The van der Waals surface area contributed by atoms with Gasteiger partial charge in [-0.3, -0.25) is 4.79 Å². The van der Waals surface area contributed by atoms with Crippen molar-refractivity contribution >= 4 is 5.91 Å². The number of carbonyl (C=O) groups is 1. The molecule has 1 N–H and O–H groups in total. The van der Waals surface area contributed by atoms with E-state index in [-0.39, 0.29) is 5.91 Å². The van der Waals surface area contributed by atoms with E-state index in [1.807, 2.05) is 33.2 Å². The maximum absolute atomic E-state index is 12.1. The summed E-state index contributed by atoms with van der Waals surface area (Å²) in [4.78, 5) is 14.2. The molecule has 0 heterocycles. The van der Waals surface area contributed by atoms with Crippen LogP contribution in [0.15, 0.2) is 24.3 Å². The van der Waals surface area contributed by atoms with Crippen LogP contribution in [0.1, 0.15) is 19.8 Å². The summed E-state index contributed by atoms with van der Waals surface area (Å²) >= 11 is 0. The largest absolute Gasteiger partial charge is 0.497 e. The lowest BCUT2D eigenvalue weighted by Gasteiger charge is -2.18. The molecule has 21 heavy (non-hydrogen) atoms. The first-order valence-electron chi connectivity index (χ1n) is 7.30. The molecule has 0 spiro atoms. The Balaban J connectivity index is 2.43. The number of methoxy groups -OCH3 is 1. The van der Waals surface area contributed by atoms with E-state index in [1.54, 1.807) is 19.2 Å². The summed E-state index contributed by atoms with van der Waals surface area (Å²) in [7, 11) is 5.65. The predicted molar refractivity (Wildman–Crippen MR) is 83.9 cm³/mol. The summed E-state index contributed by atoms with van der Waals surface area (Å²) in [6, 6.07) is 7.25. The first kappa shape index (κ1) is 17.3. The number of nitrogens with one attached hydrogen (secondary N) is 1. The Labute approximate surface area is 127 Å². The molecule has 0 aliphatic rings. The Hall–Kier alpha value is -1.75. The third-order valence-corrected chi connectivity index (χ3v) is 3.08. The Kier molecular flexibility index (Phi) is 7.61. The van der Waals surface area contributed by atoms with Gasteiger partial charge in [-0.05, 0) is 57.7 Å². The zero-order valence-corrected chi connectivity index (χ0v) is 13.4. The summed E-state index contributed by atoms with van der Waals surface area (Å²) in [5, 5.41) is 2.92. The van der Waals surface area contributed by atoms with Crippen LogP contribution in [0.2, 0.25) is 0 Å². The van der Waals surface area contributed by atoms with E-state index >= 15 is 0 Å². The number of nitrogens with zero attached hydrogens (tertiary/aromatic N) is 1. The van der Waals surface area contributed by atoms with Crippen LogP contribution in [0.25, 0.3) is 0 Å². The highest BCUT2D eigenvalue weighted by atomic mass is 16.5. The van der Waals surface area contributed by atoms with E-state index in [2.05, 4.69) is 10.2 Å². The number of rotatable bonds is 9. The van der Waals surface area contributed by atoms with Gasteiger partial charge in [0.15, 0.2) is 6.10 Å². The minimum Gasteiger partial charge on any atom is -0.497 e. The lowest BCUT2D eigenvalue weighted by atomic mass is 10.2. The molecule has 1 atom stereocenters. The van der Waals surface area contributed by atoms with Crippen molar-refractivity contribution < 1.29 is 14.3 Å². The summed E-state index contributed by atoms with van der Waals surface area (Å²) in [5.41, 5.74) is 0. The van der Waals surface area contributed by atoms with Crippen LogP contribution in [0.5, 0.6) is 11.5 Å². The smallest absolute Gasteiger partial charge is 0.261 e. The van der Waals surface area contributed by atoms with Crippen molar-refractivity contribution in [2.45, 2.75) is 25.9 Å². The van der Waals surface area contributed by atoms with Crippen molar-refractivity contribution in [3.63, 3.8) is 0 Å². The molecule has 5 nitrogen and oxygen atoms in total. The average molecular weight is 294 g/mol. The van der Waals surface area contributed by atoms with Crippen LogP contribution in [0.3, 0.4) is 0 Å². The second-order valence-corrected chi connectivity index (χ2v) is 5.14. The van der Waals surface area contributed by atoms with E-state index in [4.69, 9.17) is 9.47 Å². The van der Waals surface area contributed by atoms with Gasteiger partial charge in [-0.25, -0.2) is 0 Å². The van der Waals surface area contributed by atoms with Gasteiger partial charge in [-0.2, -0.15) is 0 Å². The molecule has 0 bridgehead atoms. The number of hydrogen-bond donors (Lipinski definition) is 1. The van der Waals surface area contributed by atoms with Gasteiger partial charge >= 0.3 is 0 Å². The van der Waals surface area contributed by atoms with Gasteiger partial charge in [0.2, 0.25) is 0 Å². The van der Waals surface area contributed by atoms with E-state index in [0.29, 0.717) is 18.7 Å². The zero-order chi connectivity index (χ0) is 15.7. The Morgan fingerprint density at radius 1 is 1.24 bits per heavy atom. The molecule has 0 fully saturated rings. The molecule has 0 radical (unpaired) electrons. The van der Waals surface area contributed by atoms with E-state index < -0.39 is 6.10 Å². The number of benzene rings is 1. The van der Waals surface area contributed by atoms with Crippen molar-refractivity contribution in [2.24, 2.45) is 0 Å². The van der Waals surface area contributed by atoms with E-state index in [9.17, 15) is 4.79 Å². The fourth-order valence-corrected chi connectivity index (χ4v) is 1.86. The summed E-state index contributed by atoms with van der Waals surface area (Å²) < 4.78 is 10.8. The monoisotopic (exact) mass is 294 g/mol. The third kappa shape index (κ3) is 6.49. The lowest BCUT2D eigenvalue weighted by molar-refractivity contribution is -0.128. The van der Waals surface area contributed by atoms with Crippen LogP contribution in [0.4, 0.5) is 0 Å². The molecule has 1 aromatic carbocycles. The van der Waals surface area contributed by atoms with Gasteiger partial charge in [-0.15, -0.1) is 0 Å². The zero-order valence-electron chi connectivity index (χ0n) is 13.4. The van der Waals surface area contributed by atoms with E-state index in [1.165, 1.54) is 0 Å². The van der Waals surface area contributed by atoms with Gasteiger partial charge in [0, 0.05) is 6.54 Å². The highest BCUT2D eigenvalue weighted by Gasteiger charge is 2.17. The average Bonchev–Trinajstić information content (AvgIpc) is 2.49. The maximum atomic E-state index is 12.1. The summed E-state index contributed by atoms with van der Waals surface area (Å²) in [6.07, 6.45) is 1.10. The molecular weight excluding hydrogens is 268 g/mol. The van der Waals surface area contributed by atoms with Gasteiger partial charge in [0.25, 0.3) is 5.91 Å². The molecule has 1 amide bonds. The van der Waals surface area contributed by atoms with Crippen molar-refractivity contribution in [1.82, 2.24) is 10.2 Å². The van der Waals surface area contributed by atoms with Gasteiger partial charge in [-0.1, -0.05) is 6.92 Å². The second kappa shape index (κ2) is 9.23. The number of hydrogen-bond acceptors (Lipinski definition) is 4. The normalized spacial score (nSPS) is 12.0. The van der Waals surface area contributed by atoms with Crippen LogP contribution in [-0.2, 0) is 4.79 Å². The molecule has 0 unspecified atom stereocenters. The van der Waals surface area contributed by atoms with Crippen molar-refractivity contribution in [2.75, 3.05) is 34.3 Å². The third-order valence-electron chi connectivity index (χ3n) is 3.08. The van der Waals surface area contributed by atoms with Gasteiger partial charge in [0.05, 0.1) is 7.11 Å². The molecular formula is C16H26N2O3. The topological polar surface area (TPSA) is 50.8 Å². The molecule has 1 aromatic rings. The number of carbonyl (C=O) groups excluding carboxylic acids is 1. The maximum Gasteiger partial charge on any atom is 0.261 e. The second-order valence-electron chi connectivity index (χ2n) is 5.14. The van der Waals surface area contributed by atoms with Crippen molar-refractivity contribution in [1.29, 1.82) is 0 Å². The van der Waals surface area contributed by atoms with Crippen molar-refractivity contribution in [3.8, 4) is 11.5 Å². The number of amides is 1. The fraction of sp³-hybridized carbons (Fsp3) is 0.562. The molecule has 0 saturated carbocycles. The SMILES string of the molecule is CC[C@@H](Oc1ccc(OC)cc1)C(=O)NCCCN(C)C. The van der Waals surface area contributed by atoms with Crippen LogP contribution >= 0.6 is 0 Å². The lowest BCUT2D eigenvalue weighted by Crippen LogP contribution is -2.39. The molecule has 0 aliphatic heterocycles. The highest BCUT2D eigenvalue weighted by molar-refractivity contribution is 5.81. The number of ether oxygens (including phenoxy) is 2. The van der Waals surface area contributed by atoms with Crippen molar-refractivity contribution in [3.05, 3.63) is 24.3 Å². The molecule has 118 valence electrons. The Morgan fingerprint density at radius 2 is 1.86 bits per heavy atom. The van der Waals surface area contributed by atoms with Crippen LogP contribution < -0.4 is 14.8 Å². The molecule has 0 saturated heterocycles. The minimum absolute atomic E-state index is 0.0629. The predicted octanol–water partition coefficient (Wildman–Crippen LogP) is 1.92. The van der Waals surface area contributed by atoms with Gasteiger partial charge in [0.1, 0.15) is 11.5 Å². The Bertz CT molecular complexity index is 418. The molecule has 1 rings (SSSR count).